The lowest BCUT2D eigenvalue weighted by Gasteiger charge is -2.37. The van der Waals surface area contributed by atoms with Crippen LogP contribution in [0.3, 0.4) is 0 Å². The Bertz CT molecular complexity index is 852. The molecule has 0 fully saturated rings. The normalized spacial score (nSPS) is 17.9. The van der Waals surface area contributed by atoms with E-state index in [4.69, 9.17) is 34.3 Å². The fourth-order valence-electron chi connectivity index (χ4n) is 2.86. The second-order valence-electron chi connectivity index (χ2n) is 6.24. The summed E-state index contributed by atoms with van der Waals surface area (Å²) in [5.74, 6) is 5.09. The molecule has 7 nitrogen and oxygen atoms in total. The number of halogens is 4. The van der Waals surface area contributed by atoms with Gasteiger partial charge in [-0.15, -0.1) is 0 Å². The molecule has 0 saturated carbocycles. The summed E-state index contributed by atoms with van der Waals surface area (Å²) >= 11 is 5.86. The van der Waals surface area contributed by atoms with Gasteiger partial charge in [-0.2, -0.15) is 13.2 Å². The minimum atomic E-state index is -4.68. The van der Waals surface area contributed by atoms with E-state index in [-0.39, 0.29) is 30.1 Å². The molecular formula is C17H20ClF3N6O. The number of carbonyl (C=O) groups excluding carboxylic acids is 1. The molecular weight excluding hydrogens is 397 g/mol. The molecule has 1 aromatic rings. The van der Waals surface area contributed by atoms with Crippen molar-refractivity contribution in [2.24, 2.45) is 17.3 Å². The zero-order valence-corrected chi connectivity index (χ0v) is 15.7. The van der Waals surface area contributed by atoms with Gasteiger partial charge >= 0.3 is 6.18 Å². The Morgan fingerprint density at radius 1 is 1.43 bits per heavy atom. The molecule has 0 spiro atoms. The fraction of sp³-hybridized carbons (Fsp3) is 0.294. The average molecular weight is 417 g/mol. The number of benzene rings is 1. The number of hydrogen-bond acceptors (Lipinski definition) is 5. The minimum absolute atomic E-state index is 0.0742. The summed E-state index contributed by atoms with van der Waals surface area (Å²) in [4.78, 5) is 14.2. The minimum Gasteiger partial charge on any atom is -0.404 e. The first-order valence-corrected chi connectivity index (χ1v) is 8.52. The van der Waals surface area contributed by atoms with Crippen LogP contribution in [0.1, 0.15) is 29.3 Å². The molecule has 11 heteroatoms. The Balaban J connectivity index is 2.34. The Labute approximate surface area is 164 Å². The number of rotatable bonds is 3. The molecule has 0 aliphatic carbocycles. The van der Waals surface area contributed by atoms with Crippen LogP contribution in [0.15, 0.2) is 41.9 Å². The van der Waals surface area contributed by atoms with Crippen molar-refractivity contribution in [3.05, 3.63) is 58.0 Å². The quantitative estimate of drug-likeness (QED) is 0.260. The van der Waals surface area contributed by atoms with Crippen molar-refractivity contribution in [2.45, 2.75) is 25.6 Å². The van der Waals surface area contributed by atoms with Crippen LogP contribution in [0.4, 0.5) is 13.2 Å². The van der Waals surface area contributed by atoms with E-state index in [0.717, 1.165) is 23.3 Å². The van der Waals surface area contributed by atoms with E-state index in [1.807, 2.05) is 0 Å². The number of nitrogens with one attached hydrogen (secondary N) is 1. The lowest BCUT2D eigenvalue weighted by Crippen LogP contribution is -2.49. The molecule has 0 aromatic heterocycles. The molecule has 1 amide bonds. The number of alkyl halides is 3. The van der Waals surface area contributed by atoms with Crippen LogP contribution < -0.4 is 17.3 Å². The number of hydrazine groups is 1. The highest BCUT2D eigenvalue weighted by Crippen LogP contribution is 2.37. The largest absolute Gasteiger partial charge is 0.417 e. The standard InChI is InChI=1S/C17H20ClF3N6O/c1-9-7-13(27(25)14(24)5-6-22)12(23)8-26(9)16(28)10-3-2-4-11(15(10)18)17(19,20)21/h2-6,9,24H,7-8,22-23,25H2,1H3. The molecule has 0 bridgehead atoms. The van der Waals surface area contributed by atoms with Gasteiger partial charge in [0.2, 0.25) is 0 Å². The van der Waals surface area contributed by atoms with Gasteiger partial charge in [0, 0.05) is 18.2 Å². The van der Waals surface area contributed by atoms with Gasteiger partial charge < -0.3 is 16.4 Å². The molecule has 0 saturated heterocycles. The summed E-state index contributed by atoms with van der Waals surface area (Å²) in [6.45, 7) is 1.62. The zero-order valence-electron chi connectivity index (χ0n) is 14.9. The van der Waals surface area contributed by atoms with Gasteiger partial charge in [-0.1, -0.05) is 17.7 Å². The van der Waals surface area contributed by atoms with Gasteiger partial charge in [0.05, 0.1) is 28.4 Å². The Morgan fingerprint density at radius 2 is 2.07 bits per heavy atom. The van der Waals surface area contributed by atoms with E-state index in [0.29, 0.717) is 5.70 Å². The monoisotopic (exact) mass is 416 g/mol. The van der Waals surface area contributed by atoms with Crippen LogP contribution >= 0.6 is 11.6 Å². The van der Waals surface area contributed by atoms with Crippen molar-refractivity contribution in [3.63, 3.8) is 0 Å². The van der Waals surface area contributed by atoms with E-state index in [2.05, 4.69) is 0 Å². The molecule has 2 rings (SSSR count). The highest BCUT2D eigenvalue weighted by atomic mass is 35.5. The first-order chi connectivity index (χ1) is 13.0. The van der Waals surface area contributed by atoms with Crippen molar-refractivity contribution in [2.75, 3.05) is 6.54 Å². The first kappa shape index (κ1) is 21.6. The number of amidine groups is 1. The van der Waals surface area contributed by atoms with Crippen LogP contribution in [0.2, 0.25) is 5.02 Å². The zero-order chi connectivity index (χ0) is 21.2. The molecule has 1 aromatic carbocycles. The Hall–Kier alpha value is -2.72. The van der Waals surface area contributed by atoms with Crippen molar-refractivity contribution < 1.29 is 18.0 Å². The topological polar surface area (TPSA) is 125 Å². The van der Waals surface area contributed by atoms with Crippen molar-refractivity contribution in [3.8, 4) is 0 Å². The molecule has 152 valence electrons. The summed E-state index contributed by atoms with van der Waals surface area (Å²) < 4.78 is 39.2. The summed E-state index contributed by atoms with van der Waals surface area (Å²) in [6.07, 6.45) is -2.06. The molecule has 0 radical (unpaired) electrons. The maximum Gasteiger partial charge on any atom is 0.417 e. The second kappa shape index (κ2) is 8.11. The molecule has 1 atom stereocenters. The van der Waals surface area contributed by atoms with Crippen LogP contribution in [-0.4, -0.2) is 34.2 Å². The van der Waals surface area contributed by atoms with Gasteiger partial charge in [0.25, 0.3) is 5.91 Å². The summed E-state index contributed by atoms with van der Waals surface area (Å²) in [5, 5.41) is 8.20. The maximum atomic E-state index is 13.1. The third-order valence-electron chi connectivity index (χ3n) is 4.33. The van der Waals surface area contributed by atoms with Gasteiger partial charge in [0.1, 0.15) is 5.84 Å². The predicted molar refractivity (Wildman–Crippen MR) is 99.9 cm³/mol. The Morgan fingerprint density at radius 3 is 2.64 bits per heavy atom. The highest BCUT2D eigenvalue weighted by Gasteiger charge is 2.37. The van der Waals surface area contributed by atoms with E-state index in [9.17, 15) is 18.0 Å². The van der Waals surface area contributed by atoms with Crippen molar-refractivity contribution in [1.82, 2.24) is 9.91 Å². The van der Waals surface area contributed by atoms with Gasteiger partial charge in [-0.25, -0.2) is 5.84 Å². The molecule has 7 N–H and O–H groups in total. The second-order valence-corrected chi connectivity index (χ2v) is 6.62. The molecule has 1 unspecified atom stereocenters. The van der Waals surface area contributed by atoms with Crippen LogP contribution in [0.25, 0.3) is 0 Å². The number of hydrogen-bond donors (Lipinski definition) is 4. The van der Waals surface area contributed by atoms with E-state index in [1.54, 1.807) is 6.92 Å². The van der Waals surface area contributed by atoms with Crippen LogP contribution in [0.5, 0.6) is 0 Å². The summed E-state index contributed by atoms with van der Waals surface area (Å²) in [6, 6.07) is 2.73. The lowest BCUT2D eigenvalue weighted by molar-refractivity contribution is -0.137. The number of nitrogens with two attached hydrogens (primary N) is 3. The highest BCUT2D eigenvalue weighted by molar-refractivity contribution is 6.34. The smallest absolute Gasteiger partial charge is 0.404 e. The molecule has 28 heavy (non-hydrogen) atoms. The van der Waals surface area contributed by atoms with Crippen LogP contribution in [0, 0.1) is 5.41 Å². The van der Waals surface area contributed by atoms with E-state index < -0.39 is 28.7 Å². The van der Waals surface area contributed by atoms with Gasteiger partial charge in [-0.3, -0.25) is 15.2 Å². The summed E-state index contributed by atoms with van der Waals surface area (Å²) in [5.41, 5.74) is 10.6. The van der Waals surface area contributed by atoms with Crippen molar-refractivity contribution >= 4 is 23.3 Å². The first-order valence-electron chi connectivity index (χ1n) is 8.14. The average Bonchev–Trinajstić information content (AvgIpc) is 2.61. The molecule has 1 aliphatic rings. The number of amides is 1. The van der Waals surface area contributed by atoms with Gasteiger partial charge in [0.15, 0.2) is 0 Å². The lowest BCUT2D eigenvalue weighted by atomic mass is 10.0. The third kappa shape index (κ3) is 4.23. The SMILES string of the molecule is CC1CC(N(N)C(=N)C=CN)=C(N)CN1C(=O)c1cccc(C(F)(F)F)c1Cl. The van der Waals surface area contributed by atoms with Crippen LogP contribution in [-0.2, 0) is 6.18 Å². The maximum absolute atomic E-state index is 13.1. The molecule has 1 heterocycles. The predicted octanol–water partition coefficient (Wildman–Crippen LogP) is 2.39. The summed E-state index contributed by atoms with van der Waals surface area (Å²) in [7, 11) is 0. The third-order valence-corrected chi connectivity index (χ3v) is 4.74. The van der Waals surface area contributed by atoms with E-state index in [1.165, 1.54) is 17.0 Å². The van der Waals surface area contributed by atoms with Gasteiger partial charge in [-0.05, 0) is 31.3 Å². The van der Waals surface area contributed by atoms with Crippen molar-refractivity contribution in [1.29, 1.82) is 5.41 Å². The Kier molecular flexibility index (Phi) is 6.25. The fourth-order valence-corrected chi connectivity index (χ4v) is 3.18. The number of carbonyl (C=O) groups is 1. The molecule has 1 aliphatic heterocycles. The van der Waals surface area contributed by atoms with E-state index >= 15 is 0 Å². The number of nitrogens with zero attached hydrogens (tertiary/aromatic N) is 2.